The van der Waals surface area contributed by atoms with E-state index in [0.717, 1.165) is 126 Å². The zero-order valence-electron chi connectivity index (χ0n) is 53.2. The van der Waals surface area contributed by atoms with Crippen LogP contribution >= 0.6 is 34.8 Å². The number of nitrogens with zero attached hydrogens (tertiary/aromatic N) is 6. The Morgan fingerprint density at radius 3 is 1.19 bits per heavy atom. The van der Waals surface area contributed by atoms with Crippen molar-refractivity contribution < 1.29 is 29.2 Å². The van der Waals surface area contributed by atoms with E-state index in [1.54, 1.807) is 6.07 Å². The second kappa shape index (κ2) is 36.0. The summed E-state index contributed by atoms with van der Waals surface area (Å²) in [5.41, 5.74) is 7.84. The first-order valence-corrected chi connectivity index (χ1v) is 33.8. The summed E-state index contributed by atoms with van der Waals surface area (Å²) < 4.78 is 23.1. The number of piperidine rings is 3. The smallest absolute Gasteiger partial charge is 0.0969 e. The number of halogens is 3. The molecule has 7 unspecified atom stereocenters. The van der Waals surface area contributed by atoms with Crippen LogP contribution in [0, 0.1) is 11.3 Å². The van der Waals surface area contributed by atoms with E-state index in [-0.39, 0.29) is 48.6 Å². The minimum absolute atomic E-state index is 0.186. The molecule has 16 heteroatoms. The standard InChI is InChI=1S/2C24H31ClN2O2.C12H16ClNO.C12H15NO.C2H3N/c2*1-18-14-27(22(17-29-18)13-19-7-9-21(25)10-8-19)23-11-12-26(16-24(23)28)15-20-5-3-2-4-6-20;1-9-7-14-12(8-15-9)6-10-2-4-11(13)5-3-10;1-2-4-10(5-3-1)8-13-7-6-11-12(9-13)14-11;1-2-3/h2*2-10,18,22-24,28H,11-17H2,1H3;2-5,9,12,14H,6-8H2,1H3;1-5,11-12H,6-9H2;1H3/t18-,22?,23?,24+;18-,22?,23?,24-;9-,12?;;/m000../s1. The number of benzene rings is 6. The van der Waals surface area contributed by atoms with Crippen LogP contribution in [-0.2, 0) is 57.8 Å². The van der Waals surface area contributed by atoms with Crippen LogP contribution in [0.3, 0.4) is 0 Å². The first kappa shape index (κ1) is 69.5. The molecule has 7 heterocycles. The van der Waals surface area contributed by atoms with Crippen LogP contribution in [0.25, 0.3) is 0 Å². The fourth-order valence-electron chi connectivity index (χ4n) is 13.4. The fourth-order valence-corrected chi connectivity index (χ4v) is 13.8. The van der Waals surface area contributed by atoms with Gasteiger partial charge in [-0.1, -0.05) is 162 Å². The van der Waals surface area contributed by atoms with E-state index in [4.69, 9.17) is 59.0 Å². The maximum atomic E-state index is 11.0. The molecule has 13 rings (SSSR count). The fraction of sp³-hybridized carbons (Fsp3) is 0.500. The largest absolute Gasteiger partial charge is 0.390 e. The molecule has 0 spiro atoms. The van der Waals surface area contributed by atoms with Crippen molar-refractivity contribution in [1.82, 2.24) is 29.8 Å². The summed E-state index contributed by atoms with van der Waals surface area (Å²) in [7, 11) is 0. The van der Waals surface area contributed by atoms with Crippen LogP contribution < -0.4 is 5.32 Å². The number of nitriles is 1. The number of ether oxygens (including phenoxy) is 4. The molecule has 7 aliphatic heterocycles. The highest BCUT2D eigenvalue weighted by Crippen LogP contribution is 2.32. The van der Waals surface area contributed by atoms with E-state index in [2.05, 4.69) is 166 Å². The topological polar surface area (TPSA) is 133 Å². The highest BCUT2D eigenvalue weighted by atomic mass is 35.5. The predicted molar refractivity (Wildman–Crippen MR) is 363 cm³/mol. The minimum atomic E-state index is -0.342. The number of likely N-dealkylation sites (tertiary alicyclic amines) is 3. The summed E-state index contributed by atoms with van der Waals surface area (Å²) >= 11 is 17.9. The van der Waals surface area contributed by atoms with Crippen molar-refractivity contribution in [3.05, 3.63) is 212 Å². The third-order valence-electron chi connectivity index (χ3n) is 18.2. The Bertz CT molecular complexity index is 2890. The monoisotopic (exact) mass is 1280 g/mol. The first-order valence-electron chi connectivity index (χ1n) is 32.7. The van der Waals surface area contributed by atoms with E-state index in [1.807, 2.05) is 48.5 Å². The molecule has 6 aromatic carbocycles. The molecule has 13 nitrogen and oxygen atoms in total. The average Bonchev–Trinajstić information content (AvgIpc) is 2.33. The van der Waals surface area contributed by atoms with E-state index in [1.165, 1.54) is 53.3 Å². The number of β-amino-alcohol motifs (C(OH)–C–C–N with tert-alkyl or cyclic N) is 2. The maximum absolute atomic E-state index is 11.0. The summed E-state index contributed by atoms with van der Waals surface area (Å²) in [5.74, 6) is 0. The quantitative estimate of drug-likeness (QED) is 0.0895. The second-order valence-corrected chi connectivity index (χ2v) is 26.8. The van der Waals surface area contributed by atoms with Crippen molar-refractivity contribution in [1.29, 1.82) is 5.26 Å². The van der Waals surface area contributed by atoms with Crippen molar-refractivity contribution in [2.75, 3.05) is 78.7 Å². The molecule has 0 radical (unpaired) electrons. The van der Waals surface area contributed by atoms with E-state index in [9.17, 15) is 10.2 Å². The number of morpholine rings is 3. The molecule has 7 saturated heterocycles. The lowest BCUT2D eigenvalue weighted by molar-refractivity contribution is -0.107. The summed E-state index contributed by atoms with van der Waals surface area (Å²) in [6.45, 7) is 21.3. The molecule has 0 amide bonds. The molecule has 7 aliphatic rings. The van der Waals surface area contributed by atoms with E-state index < -0.39 is 0 Å². The van der Waals surface area contributed by atoms with Crippen molar-refractivity contribution in [2.45, 2.75) is 159 Å². The van der Waals surface area contributed by atoms with Gasteiger partial charge in [-0.05, 0) is 129 Å². The van der Waals surface area contributed by atoms with Gasteiger partial charge < -0.3 is 34.5 Å². The Kier molecular flexibility index (Phi) is 27.8. The summed E-state index contributed by atoms with van der Waals surface area (Å²) in [6, 6.07) is 59.0. The Morgan fingerprint density at radius 1 is 0.456 bits per heavy atom. The van der Waals surface area contributed by atoms with Crippen molar-refractivity contribution in [3.63, 3.8) is 0 Å². The van der Waals surface area contributed by atoms with Crippen LogP contribution in [0.4, 0.5) is 0 Å². The minimum Gasteiger partial charge on any atom is -0.390 e. The third kappa shape index (κ3) is 22.5. The number of aliphatic hydroxyl groups is 2. The summed E-state index contributed by atoms with van der Waals surface area (Å²) in [4.78, 5) is 12.2. The number of epoxide rings is 1. The van der Waals surface area contributed by atoms with Crippen LogP contribution in [0.5, 0.6) is 0 Å². The normalized spacial score (nSPS) is 28.1. The van der Waals surface area contributed by atoms with Crippen LogP contribution in [0.1, 0.15) is 80.3 Å². The molecule has 0 aliphatic carbocycles. The summed E-state index contributed by atoms with van der Waals surface area (Å²) in [5, 5.41) is 35.2. The molecule has 0 bridgehead atoms. The van der Waals surface area contributed by atoms with Gasteiger partial charge >= 0.3 is 0 Å². The zero-order valence-corrected chi connectivity index (χ0v) is 55.5. The number of nitrogens with one attached hydrogen (secondary N) is 1. The maximum Gasteiger partial charge on any atom is 0.0969 e. The van der Waals surface area contributed by atoms with Gasteiger partial charge in [0.15, 0.2) is 0 Å². The number of rotatable bonds is 14. The lowest BCUT2D eigenvalue weighted by atomic mass is 9.94. The average molecular weight is 1290 g/mol. The Hall–Kier alpha value is -4.80. The molecule has 484 valence electrons. The molecule has 3 N–H and O–H groups in total. The zero-order chi connectivity index (χ0) is 63.2. The molecule has 6 aromatic rings. The molecular formula is C74H96Cl3N7O6. The van der Waals surface area contributed by atoms with Gasteiger partial charge in [-0.2, -0.15) is 5.26 Å². The SMILES string of the molecule is CC#N.C[C@H]1CN(C2CCN(Cc3ccccc3)C[C@@H]2O)C(Cc2ccc(Cl)cc2)CO1.C[C@H]1CN(C2CCN(Cc3ccccc3)C[C@H]2O)C(Cc2ccc(Cl)cc2)CO1.C[C@H]1CNC(Cc2ccc(Cl)cc2)CO1.c1ccc(CN2CCC3OC3C2)cc1. The van der Waals surface area contributed by atoms with Crippen LogP contribution in [-0.4, -0.2) is 186 Å². The number of hydrogen-bond acceptors (Lipinski definition) is 13. The Morgan fingerprint density at radius 2 is 0.822 bits per heavy atom. The molecule has 90 heavy (non-hydrogen) atoms. The van der Waals surface area contributed by atoms with Crippen molar-refractivity contribution in [2.24, 2.45) is 0 Å². The lowest BCUT2D eigenvalue weighted by Crippen LogP contribution is -2.61. The van der Waals surface area contributed by atoms with Gasteiger partial charge in [0.2, 0.25) is 0 Å². The molecule has 0 saturated carbocycles. The van der Waals surface area contributed by atoms with Gasteiger partial charge in [0, 0.05) is 131 Å². The second-order valence-electron chi connectivity index (χ2n) is 25.5. The Balaban J connectivity index is 0.000000147. The predicted octanol–water partition coefficient (Wildman–Crippen LogP) is 11.7. The van der Waals surface area contributed by atoms with E-state index in [0.29, 0.717) is 37.6 Å². The molecule has 12 atom stereocenters. The van der Waals surface area contributed by atoms with Crippen LogP contribution in [0.15, 0.2) is 164 Å². The lowest BCUT2D eigenvalue weighted by Gasteiger charge is -2.48. The van der Waals surface area contributed by atoms with Gasteiger partial charge in [0.05, 0.1) is 68.6 Å². The number of aliphatic hydroxyl groups excluding tert-OH is 2. The molecule has 0 aromatic heterocycles. The number of fused-ring (bicyclic) bond motifs is 1. The highest BCUT2D eigenvalue weighted by molar-refractivity contribution is 6.31. The van der Waals surface area contributed by atoms with Gasteiger partial charge in [-0.3, -0.25) is 24.5 Å². The number of hydrogen-bond donors (Lipinski definition) is 3. The highest BCUT2D eigenvalue weighted by Gasteiger charge is 2.43. The van der Waals surface area contributed by atoms with Gasteiger partial charge in [0.1, 0.15) is 0 Å². The van der Waals surface area contributed by atoms with Crippen molar-refractivity contribution in [3.8, 4) is 6.07 Å². The third-order valence-corrected chi connectivity index (χ3v) is 18.9. The van der Waals surface area contributed by atoms with E-state index >= 15 is 0 Å². The summed E-state index contributed by atoms with van der Waals surface area (Å²) in [6.07, 6.45) is 7.23. The van der Waals surface area contributed by atoms with Gasteiger partial charge in [-0.25, -0.2) is 0 Å². The molecular weight excluding hydrogens is 1190 g/mol. The van der Waals surface area contributed by atoms with Gasteiger partial charge in [-0.15, -0.1) is 0 Å². The van der Waals surface area contributed by atoms with Gasteiger partial charge in [0.25, 0.3) is 0 Å². The van der Waals surface area contributed by atoms with Crippen molar-refractivity contribution >= 4 is 34.8 Å². The Labute approximate surface area is 551 Å². The molecule has 7 fully saturated rings. The van der Waals surface area contributed by atoms with Crippen LogP contribution in [0.2, 0.25) is 15.1 Å². The first-order chi connectivity index (χ1) is 43.7.